The molecule has 1 aliphatic heterocycles. The van der Waals surface area contributed by atoms with E-state index in [2.05, 4.69) is 34.0 Å². The second kappa shape index (κ2) is 4.90. The zero-order chi connectivity index (χ0) is 12.4. The molecule has 1 aromatic rings. The van der Waals surface area contributed by atoms with E-state index in [1.165, 1.54) is 12.8 Å². The molecule has 4 nitrogen and oxygen atoms in total. The number of anilines is 2. The van der Waals surface area contributed by atoms with Gasteiger partial charge in [0.1, 0.15) is 17.5 Å². The summed E-state index contributed by atoms with van der Waals surface area (Å²) in [5, 5.41) is 3.10. The van der Waals surface area contributed by atoms with E-state index in [1.54, 1.807) is 0 Å². The van der Waals surface area contributed by atoms with E-state index in [9.17, 15) is 0 Å². The second-order valence-electron chi connectivity index (χ2n) is 5.09. The van der Waals surface area contributed by atoms with Crippen molar-refractivity contribution in [3.63, 3.8) is 0 Å². The molecule has 1 fully saturated rings. The molecule has 1 aliphatic rings. The molecule has 17 heavy (non-hydrogen) atoms. The van der Waals surface area contributed by atoms with Crippen molar-refractivity contribution in [1.82, 2.24) is 9.97 Å². The molecule has 0 amide bonds. The number of aryl methyl sites for hydroxylation is 1. The van der Waals surface area contributed by atoms with Gasteiger partial charge in [-0.3, -0.25) is 0 Å². The minimum Gasteiger partial charge on any atom is -0.373 e. The zero-order valence-electron chi connectivity index (χ0n) is 11.2. The van der Waals surface area contributed by atoms with Gasteiger partial charge in [-0.05, 0) is 32.6 Å². The first-order valence-corrected chi connectivity index (χ1v) is 6.40. The Kier molecular flexibility index (Phi) is 3.50. The fourth-order valence-electron chi connectivity index (χ4n) is 2.44. The van der Waals surface area contributed by atoms with Crippen LogP contribution in [-0.2, 0) is 0 Å². The monoisotopic (exact) mass is 234 g/mol. The highest BCUT2D eigenvalue weighted by molar-refractivity contribution is 5.50. The number of hydrogen-bond donors (Lipinski definition) is 1. The number of nitrogens with one attached hydrogen (secondary N) is 1. The summed E-state index contributed by atoms with van der Waals surface area (Å²) in [6.45, 7) is 7.64. The van der Waals surface area contributed by atoms with Crippen molar-refractivity contribution >= 4 is 11.6 Å². The quantitative estimate of drug-likeness (QED) is 0.853. The molecule has 2 rings (SSSR count). The molecule has 94 valence electrons. The highest BCUT2D eigenvalue weighted by Gasteiger charge is 2.24. The third-order valence-corrected chi connectivity index (χ3v) is 3.49. The summed E-state index contributed by atoms with van der Waals surface area (Å²) in [7, 11) is 1.90. The molecule has 2 atom stereocenters. The Hall–Kier alpha value is -1.32. The predicted molar refractivity (Wildman–Crippen MR) is 71.5 cm³/mol. The van der Waals surface area contributed by atoms with E-state index >= 15 is 0 Å². The Labute approximate surface area is 103 Å². The summed E-state index contributed by atoms with van der Waals surface area (Å²) < 4.78 is 0. The standard InChI is InChI=1S/C13H22N4/c1-9-5-6-10(2)17(8-9)13-7-12(14-4)15-11(3)16-13/h7,9-10H,5-6,8H2,1-4H3,(H,14,15,16). The van der Waals surface area contributed by atoms with Crippen molar-refractivity contribution in [3.05, 3.63) is 11.9 Å². The lowest BCUT2D eigenvalue weighted by atomic mass is 9.95. The highest BCUT2D eigenvalue weighted by atomic mass is 15.2. The van der Waals surface area contributed by atoms with Crippen LogP contribution in [0.5, 0.6) is 0 Å². The summed E-state index contributed by atoms with van der Waals surface area (Å²) >= 11 is 0. The molecule has 0 bridgehead atoms. The largest absolute Gasteiger partial charge is 0.373 e. The minimum absolute atomic E-state index is 0.574. The van der Waals surface area contributed by atoms with Crippen LogP contribution >= 0.6 is 0 Å². The molecule has 2 heterocycles. The molecular formula is C13H22N4. The molecule has 2 unspecified atom stereocenters. The number of hydrogen-bond acceptors (Lipinski definition) is 4. The lowest BCUT2D eigenvalue weighted by Gasteiger charge is -2.37. The molecule has 0 aliphatic carbocycles. The van der Waals surface area contributed by atoms with Gasteiger partial charge in [-0.15, -0.1) is 0 Å². The summed E-state index contributed by atoms with van der Waals surface area (Å²) in [5.41, 5.74) is 0. The van der Waals surface area contributed by atoms with E-state index in [-0.39, 0.29) is 0 Å². The van der Waals surface area contributed by atoms with Crippen LogP contribution in [0.25, 0.3) is 0 Å². The second-order valence-corrected chi connectivity index (χ2v) is 5.09. The van der Waals surface area contributed by atoms with Crippen LogP contribution in [0.4, 0.5) is 11.6 Å². The van der Waals surface area contributed by atoms with Crippen molar-refractivity contribution in [2.75, 3.05) is 23.8 Å². The smallest absolute Gasteiger partial charge is 0.134 e. The normalized spacial score (nSPS) is 24.8. The van der Waals surface area contributed by atoms with Gasteiger partial charge in [-0.1, -0.05) is 6.92 Å². The molecule has 1 aromatic heterocycles. The zero-order valence-corrected chi connectivity index (χ0v) is 11.2. The van der Waals surface area contributed by atoms with E-state index in [4.69, 9.17) is 0 Å². The minimum atomic E-state index is 0.574. The summed E-state index contributed by atoms with van der Waals surface area (Å²) in [4.78, 5) is 11.3. The molecule has 0 spiro atoms. The number of rotatable bonds is 2. The van der Waals surface area contributed by atoms with Gasteiger partial charge < -0.3 is 10.2 Å². The van der Waals surface area contributed by atoms with Crippen LogP contribution in [0, 0.1) is 12.8 Å². The Bertz CT molecular complexity index is 391. The average molecular weight is 234 g/mol. The third-order valence-electron chi connectivity index (χ3n) is 3.49. The van der Waals surface area contributed by atoms with Crippen LogP contribution in [0.1, 0.15) is 32.5 Å². The van der Waals surface area contributed by atoms with Crippen molar-refractivity contribution < 1.29 is 0 Å². The Morgan fingerprint density at radius 3 is 2.76 bits per heavy atom. The maximum Gasteiger partial charge on any atom is 0.134 e. The van der Waals surface area contributed by atoms with Gasteiger partial charge in [-0.25, -0.2) is 9.97 Å². The number of nitrogens with zero attached hydrogens (tertiary/aromatic N) is 3. The van der Waals surface area contributed by atoms with Gasteiger partial charge >= 0.3 is 0 Å². The highest BCUT2D eigenvalue weighted by Crippen LogP contribution is 2.27. The lowest BCUT2D eigenvalue weighted by molar-refractivity contribution is 0.388. The van der Waals surface area contributed by atoms with Gasteiger partial charge in [0, 0.05) is 25.7 Å². The molecule has 0 saturated carbocycles. The van der Waals surface area contributed by atoms with Gasteiger partial charge in [0.2, 0.25) is 0 Å². The topological polar surface area (TPSA) is 41.0 Å². The summed E-state index contributed by atoms with van der Waals surface area (Å²) in [6.07, 6.45) is 2.57. The Morgan fingerprint density at radius 1 is 1.29 bits per heavy atom. The first kappa shape index (κ1) is 12.1. The van der Waals surface area contributed by atoms with E-state index < -0.39 is 0 Å². The summed E-state index contributed by atoms with van der Waals surface area (Å²) in [6, 6.07) is 2.62. The Morgan fingerprint density at radius 2 is 2.06 bits per heavy atom. The van der Waals surface area contributed by atoms with Crippen molar-refractivity contribution in [3.8, 4) is 0 Å². The maximum absolute atomic E-state index is 4.57. The SMILES string of the molecule is CNc1cc(N2CC(C)CCC2C)nc(C)n1. The molecule has 0 radical (unpaired) electrons. The van der Waals surface area contributed by atoms with Gasteiger partial charge in [0.05, 0.1) is 0 Å². The molecule has 1 saturated heterocycles. The van der Waals surface area contributed by atoms with Gasteiger partial charge in [0.25, 0.3) is 0 Å². The van der Waals surface area contributed by atoms with Gasteiger partial charge in [-0.2, -0.15) is 0 Å². The van der Waals surface area contributed by atoms with Crippen LogP contribution in [-0.4, -0.2) is 29.6 Å². The molecule has 4 heteroatoms. The van der Waals surface area contributed by atoms with Gasteiger partial charge in [0.15, 0.2) is 0 Å². The van der Waals surface area contributed by atoms with Crippen molar-refractivity contribution in [2.24, 2.45) is 5.92 Å². The average Bonchev–Trinajstić information content (AvgIpc) is 2.31. The Balaban J connectivity index is 2.28. The van der Waals surface area contributed by atoms with Crippen LogP contribution in [0.15, 0.2) is 6.07 Å². The molecule has 0 aromatic carbocycles. The van der Waals surface area contributed by atoms with Crippen molar-refractivity contribution in [2.45, 2.75) is 39.7 Å². The van der Waals surface area contributed by atoms with E-state index in [0.29, 0.717) is 6.04 Å². The fourth-order valence-corrected chi connectivity index (χ4v) is 2.44. The van der Waals surface area contributed by atoms with Crippen LogP contribution < -0.4 is 10.2 Å². The fraction of sp³-hybridized carbons (Fsp3) is 0.692. The first-order valence-electron chi connectivity index (χ1n) is 6.40. The molecule has 1 N–H and O–H groups in total. The predicted octanol–water partition coefficient (Wildman–Crippen LogP) is 2.45. The van der Waals surface area contributed by atoms with Crippen LogP contribution in [0.3, 0.4) is 0 Å². The third kappa shape index (κ3) is 2.68. The number of aromatic nitrogens is 2. The molecular weight excluding hydrogens is 212 g/mol. The van der Waals surface area contributed by atoms with Crippen LogP contribution in [0.2, 0.25) is 0 Å². The van der Waals surface area contributed by atoms with Crippen molar-refractivity contribution in [1.29, 1.82) is 0 Å². The first-order chi connectivity index (χ1) is 8.10. The summed E-state index contributed by atoms with van der Waals surface area (Å²) in [5.74, 6) is 3.54. The van der Waals surface area contributed by atoms with E-state index in [1.807, 2.05) is 20.0 Å². The van der Waals surface area contributed by atoms with E-state index in [0.717, 1.165) is 29.9 Å². The lowest BCUT2D eigenvalue weighted by Crippen LogP contribution is -2.41. The maximum atomic E-state index is 4.57. The number of piperidine rings is 1.